The van der Waals surface area contributed by atoms with E-state index < -0.39 is 5.97 Å². The highest BCUT2D eigenvalue weighted by molar-refractivity contribution is 6.18. The van der Waals surface area contributed by atoms with Gasteiger partial charge in [0.05, 0.1) is 5.56 Å². The molecule has 2 rings (SSSR count). The zero-order chi connectivity index (χ0) is 13.3. The number of halogens is 1. The van der Waals surface area contributed by atoms with Crippen LogP contribution in [-0.4, -0.2) is 34.5 Å². The van der Waals surface area contributed by atoms with Crippen LogP contribution < -0.4 is 4.90 Å². The summed E-state index contributed by atoms with van der Waals surface area (Å²) in [6.45, 7) is 0.334. The molecule has 1 saturated heterocycles. The van der Waals surface area contributed by atoms with Crippen LogP contribution in [0.25, 0.3) is 0 Å². The second-order valence-corrected chi connectivity index (χ2v) is 4.52. The first-order chi connectivity index (χ1) is 8.54. The van der Waals surface area contributed by atoms with Gasteiger partial charge in [-0.2, -0.15) is 0 Å². The molecule has 1 unspecified atom stereocenters. The number of phenols is 1. The van der Waals surface area contributed by atoms with Gasteiger partial charge in [-0.1, -0.05) is 6.07 Å². The van der Waals surface area contributed by atoms with E-state index in [0.29, 0.717) is 12.4 Å². The smallest absolute Gasteiger partial charge is 0.337 e. The molecular weight excluding hydrogens is 258 g/mol. The fraction of sp³-hybridized carbons (Fsp3) is 0.333. The summed E-state index contributed by atoms with van der Waals surface area (Å²) in [4.78, 5) is 24.2. The highest BCUT2D eigenvalue weighted by Crippen LogP contribution is 2.35. The van der Waals surface area contributed by atoms with Crippen molar-refractivity contribution in [3.8, 4) is 5.75 Å². The lowest BCUT2D eigenvalue weighted by Crippen LogP contribution is -2.26. The van der Waals surface area contributed by atoms with Crippen LogP contribution in [0.4, 0.5) is 5.69 Å². The maximum atomic E-state index is 11.8. The molecule has 18 heavy (non-hydrogen) atoms. The van der Waals surface area contributed by atoms with Crippen LogP contribution in [0.1, 0.15) is 16.8 Å². The Morgan fingerprint density at radius 1 is 1.50 bits per heavy atom. The molecule has 1 heterocycles. The zero-order valence-corrected chi connectivity index (χ0v) is 10.2. The lowest BCUT2D eigenvalue weighted by molar-refractivity contribution is -0.117. The van der Waals surface area contributed by atoms with E-state index in [4.69, 9.17) is 16.7 Å². The summed E-state index contributed by atoms with van der Waals surface area (Å²) in [6, 6.07) is 4.16. The molecule has 6 heteroatoms. The zero-order valence-electron chi connectivity index (χ0n) is 9.47. The van der Waals surface area contributed by atoms with Gasteiger partial charge in [0.25, 0.3) is 0 Å². The van der Waals surface area contributed by atoms with Crippen molar-refractivity contribution in [1.29, 1.82) is 0 Å². The van der Waals surface area contributed by atoms with Crippen LogP contribution >= 0.6 is 11.6 Å². The van der Waals surface area contributed by atoms with Crippen molar-refractivity contribution in [3.63, 3.8) is 0 Å². The molecule has 1 aliphatic heterocycles. The van der Waals surface area contributed by atoms with Gasteiger partial charge >= 0.3 is 5.97 Å². The summed E-state index contributed by atoms with van der Waals surface area (Å²) in [7, 11) is 0. The number of carboxylic acid groups (broad SMARTS) is 1. The summed E-state index contributed by atoms with van der Waals surface area (Å²) in [5, 5.41) is 18.9. The number of nitrogens with zero attached hydrogens (tertiary/aromatic N) is 1. The van der Waals surface area contributed by atoms with Gasteiger partial charge in [0, 0.05) is 18.8 Å². The van der Waals surface area contributed by atoms with Gasteiger partial charge < -0.3 is 15.1 Å². The standard InChI is InChI=1S/C12H12ClNO4/c13-5-7-4-10(16)14(6-7)11-8(12(17)18)2-1-3-9(11)15/h1-3,7,15H,4-6H2,(H,17,18). The Kier molecular flexibility index (Phi) is 3.43. The first-order valence-electron chi connectivity index (χ1n) is 5.46. The Balaban J connectivity index is 2.45. The molecule has 0 radical (unpaired) electrons. The van der Waals surface area contributed by atoms with Gasteiger partial charge in [-0.15, -0.1) is 11.6 Å². The Hall–Kier alpha value is -1.75. The number of para-hydroxylation sites is 1. The number of aromatic hydroxyl groups is 1. The van der Waals surface area contributed by atoms with Crippen LogP contribution in [-0.2, 0) is 4.79 Å². The number of carboxylic acids is 1. The van der Waals surface area contributed by atoms with Crippen molar-refractivity contribution < 1.29 is 19.8 Å². The maximum Gasteiger partial charge on any atom is 0.337 e. The topological polar surface area (TPSA) is 77.8 Å². The minimum atomic E-state index is -1.18. The summed E-state index contributed by atoms with van der Waals surface area (Å²) in [6.07, 6.45) is 0.275. The molecule has 1 amide bonds. The van der Waals surface area contributed by atoms with Crippen LogP contribution in [0.5, 0.6) is 5.75 Å². The summed E-state index contributed by atoms with van der Waals surface area (Å²) >= 11 is 5.71. The van der Waals surface area contributed by atoms with E-state index in [-0.39, 0.29) is 35.2 Å². The molecule has 96 valence electrons. The molecule has 1 atom stereocenters. The van der Waals surface area contributed by atoms with E-state index in [0.717, 1.165) is 0 Å². The summed E-state index contributed by atoms with van der Waals surface area (Å²) < 4.78 is 0. The van der Waals surface area contributed by atoms with Gasteiger partial charge in [-0.3, -0.25) is 4.79 Å². The molecule has 0 bridgehead atoms. The molecule has 0 aromatic heterocycles. The van der Waals surface area contributed by atoms with E-state index in [2.05, 4.69) is 0 Å². The molecular formula is C12H12ClNO4. The largest absolute Gasteiger partial charge is 0.506 e. The van der Waals surface area contributed by atoms with E-state index in [1.165, 1.54) is 23.1 Å². The monoisotopic (exact) mass is 269 g/mol. The molecule has 1 aliphatic rings. The fourth-order valence-electron chi connectivity index (χ4n) is 2.09. The van der Waals surface area contributed by atoms with Crippen LogP contribution in [0.15, 0.2) is 18.2 Å². The lowest BCUT2D eigenvalue weighted by atomic mass is 10.1. The lowest BCUT2D eigenvalue weighted by Gasteiger charge is -2.19. The quantitative estimate of drug-likeness (QED) is 0.819. The number of hydrogen-bond acceptors (Lipinski definition) is 3. The third-order valence-corrected chi connectivity index (χ3v) is 3.37. The van der Waals surface area contributed by atoms with Crippen molar-refractivity contribution in [3.05, 3.63) is 23.8 Å². The number of rotatable bonds is 3. The van der Waals surface area contributed by atoms with E-state index >= 15 is 0 Å². The van der Waals surface area contributed by atoms with E-state index in [1.807, 2.05) is 0 Å². The highest BCUT2D eigenvalue weighted by Gasteiger charge is 2.33. The Labute approximate surface area is 109 Å². The van der Waals surface area contributed by atoms with Gasteiger partial charge in [0.2, 0.25) is 5.91 Å². The van der Waals surface area contributed by atoms with Crippen molar-refractivity contribution in [2.45, 2.75) is 6.42 Å². The average molecular weight is 270 g/mol. The molecule has 1 fully saturated rings. The minimum absolute atomic E-state index is 0.0135. The molecule has 0 spiro atoms. The third kappa shape index (κ3) is 2.13. The normalized spacial score (nSPS) is 19.3. The maximum absolute atomic E-state index is 11.8. The first-order valence-corrected chi connectivity index (χ1v) is 5.99. The molecule has 5 nitrogen and oxygen atoms in total. The van der Waals surface area contributed by atoms with Crippen LogP contribution in [0.2, 0.25) is 0 Å². The summed E-state index contributed by atoms with van der Waals surface area (Å²) in [5.41, 5.74) is -0.0267. The fourth-order valence-corrected chi connectivity index (χ4v) is 2.30. The number of carbonyl (C=O) groups is 2. The van der Waals surface area contributed by atoms with Gasteiger partial charge in [0.15, 0.2) is 0 Å². The van der Waals surface area contributed by atoms with Crippen LogP contribution in [0.3, 0.4) is 0 Å². The number of alkyl halides is 1. The number of phenolic OH excluding ortho intramolecular Hbond substituents is 1. The van der Waals surface area contributed by atoms with Crippen LogP contribution in [0, 0.1) is 5.92 Å². The third-order valence-electron chi connectivity index (χ3n) is 2.94. The van der Waals surface area contributed by atoms with E-state index in [9.17, 15) is 14.7 Å². The highest BCUT2D eigenvalue weighted by atomic mass is 35.5. The summed E-state index contributed by atoms with van der Waals surface area (Å²) in [5.74, 6) is -1.29. The van der Waals surface area contributed by atoms with E-state index in [1.54, 1.807) is 0 Å². The Morgan fingerprint density at radius 3 is 2.78 bits per heavy atom. The molecule has 1 aromatic rings. The SMILES string of the molecule is O=C(O)c1cccc(O)c1N1CC(CCl)CC1=O. The van der Waals surface area contributed by atoms with Crippen molar-refractivity contribution in [2.75, 3.05) is 17.3 Å². The molecule has 0 saturated carbocycles. The number of amides is 1. The second kappa shape index (κ2) is 4.86. The molecule has 1 aromatic carbocycles. The van der Waals surface area contributed by atoms with Gasteiger partial charge in [-0.05, 0) is 18.1 Å². The number of anilines is 1. The predicted octanol–water partition coefficient (Wildman–Crippen LogP) is 1.68. The number of aromatic carboxylic acids is 1. The number of benzene rings is 1. The average Bonchev–Trinajstić information content (AvgIpc) is 2.70. The minimum Gasteiger partial charge on any atom is -0.506 e. The van der Waals surface area contributed by atoms with Crippen molar-refractivity contribution in [1.82, 2.24) is 0 Å². The Morgan fingerprint density at radius 2 is 2.22 bits per heavy atom. The van der Waals surface area contributed by atoms with Crippen molar-refractivity contribution in [2.24, 2.45) is 5.92 Å². The molecule has 0 aliphatic carbocycles. The Bertz CT molecular complexity index is 503. The number of carbonyl (C=O) groups excluding carboxylic acids is 1. The molecule has 2 N–H and O–H groups in total. The van der Waals surface area contributed by atoms with Gasteiger partial charge in [-0.25, -0.2) is 4.79 Å². The number of hydrogen-bond donors (Lipinski definition) is 2. The second-order valence-electron chi connectivity index (χ2n) is 4.21. The van der Waals surface area contributed by atoms with Gasteiger partial charge in [0.1, 0.15) is 11.4 Å². The van der Waals surface area contributed by atoms with Crippen molar-refractivity contribution >= 4 is 29.2 Å². The first kappa shape index (κ1) is 12.7. The predicted molar refractivity (Wildman–Crippen MR) is 66.2 cm³/mol.